The number of nitrogens with zero attached hydrogens (tertiary/aromatic N) is 1. The summed E-state index contributed by atoms with van der Waals surface area (Å²) in [6, 6.07) is 1.66. The maximum absolute atomic E-state index is 12.4. The fourth-order valence-corrected chi connectivity index (χ4v) is 4.03. The zero-order valence-electron chi connectivity index (χ0n) is 11.6. The molecule has 1 aromatic heterocycles. The first-order chi connectivity index (χ1) is 9.05. The summed E-state index contributed by atoms with van der Waals surface area (Å²) in [7, 11) is -3.37. The molecule has 0 amide bonds. The van der Waals surface area contributed by atoms with Crippen LogP contribution in [0.4, 0.5) is 0 Å². The van der Waals surface area contributed by atoms with Crippen molar-refractivity contribution in [3.05, 3.63) is 17.6 Å². The van der Waals surface area contributed by atoms with Gasteiger partial charge in [0.05, 0.1) is 6.54 Å². The van der Waals surface area contributed by atoms with Crippen LogP contribution in [0.15, 0.2) is 15.4 Å². The smallest absolute Gasteiger partial charge is 0.246 e. The van der Waals surface area contributed by atoms with Crippen molar-refractivity contribution in [2.24, 2.45) is 0 Å². The van der Waals surface area contributed by atoms with Crippen LogP contribution in [0.25, 0.3) is 0 Å². The molecule has 1 aliphatic heterocycles. The van der Waals surface area contributed by atoms with E-state index >= 15 is 0 Å². The molecular formula is C13H22N2O3S. The Morgan fingerprint density at radius 2 is 2.05 bits per heavy atom. The number of hydrogen-bond acceptors (Lipinski definition) is 4. The second-order valence-corrected chi connectivity index (χ2v) is 6.83. The fourth-order valence-electron chi connectivity index (χ4n) is 2.32. The lowest BCUT2D eigenvalue weighted by Crippen LogP contribution is -2.28. The summed E-state index contributed by atoms with van der Waals surface area (Å²) in [5, 5.41) is 3.21. The first kappa shape index (κ1) is 14.6. The third-order valence-corrected chi connectivity index (χ3v) is 5.34. The van der Waals surface area contributed by atoms with Crippen LogP contribution in [-0.2, 0) is 16.6 Å². The molecule has 1 saturated heterocycles. The van der Waals surface area contributed by atoms with E-state index in [1.807, 2.05) is 0 Å². The molecule has 6 heteroatoms. The highest BCUT2D eigenvalue weighted by Crippen LogP contribution is 2.26. The summed E-state index contributed by atoms with van der Waals surface area (Å²) in [6.07, 6.45) is 2.93. The molecule has 5 nitrogen and oxygen atoms in total. The minimum absolute atomic E-state index is 0.322. The van der Waals surface area contributed by atoms with E-state index in [9.17, 15) is 8.42 Å². The van der Waals surface area contributed by atoms with Crippen molar-refractivity contribution >= 4 is 10.0 Å². The molecule has 0 radical (unpaired) electrons. The van der Waals surface area contributed by atoms with Gasteiger partial charge >= 0.3 is 0 Å². The van der Waals surface area contributed by atoms with Crippen molar-refractivity contribution in [2.75, 3.05) is 19.6 Å². The molecule has 0 saturated carbocycles. The quantitative estimate of drug-likeness (QED) is 0.811. The summed E-state index contributed by atoms with van der Waals surface area (Å²) in [4.78, 5) is 0.322. The Balaban J connectivity index is 2.15. The van der Waals surface area contributed by atoms with Gasteiger partial charge in [0.25, 0.3) is 0 Å². The number of sulfonamides is 1. The van der Waals surface area contributed by atoms with Gasteiger partial charge in [-0.05, 0) is 32.7 Å². The van der Waals surface area contributed by atoms with Crippen LogP contribution in [0, 0.1) is 6.92 Å². The molecule has 19 heavy (non-hydrogen) atoms. The molecule has 0 atom stereocenters. The van der Waals surface area contributed by atoms with Gasteiger partial charge in [-0.2, -0.15) is 4.31 Å². The second kappa shape index (κ2) is 6.07. The van der Waals surface area contributed by atoms with Crippen molar-refractivity contribution in [2.45, 2.75) is 44.6 Å². The van der Waals surface area contributed by atoms with Gasteiger partial charge < -0.3 is 9.73 Å². The van der Waals surface area contributed by atoms with Crippen molar-refractivity contribution in [1.29, 1.82) is 0 Å². The third kappa shape index (κ3) is 3.19. The molecular weight excluding hydrogens is 264 g/mol. The highest BCUT2D eigenvalue weighted by molar-refractivity contribution is 7.89. The van der Waals surface area contributed by atoms with Gasteiger partial charge in [0.15, 0.2) is 0 Å². The van der Waals surface area contributed by atoms with Crippen LogP contribution in [0.1, 0.15) is 37.7 Å². The Kier molecular flexibility index (Phi) is 4.65. The van der Waals surface area contributed by atoms with Crippen LogP contribution >= 0.6 is 0 Å². The molecule has 108 valence electrons. The molecule has 1 fully saturated rings. The Morgan fingerprint density at radius 3 is 2.68 bits per heavy atom. The molecule has 1 N–H and O–H groups in total. The maximum atomic E-state index is 12.4. The molecule has 0 bridgehead atoms. The molecule has 0 aliphatic carbocycles. The first-order valence-corrected chi connectivity index (χ1v) is 8.30. The van der Waals surface area contributed by atoms with Crippen LogP contribution in [0.5, 0.6) is 0 Å². The summed E-state index contributed by atoms with van der Waals surface area (Å²) in [6.45, 7) is 6.51. The first-order valence-electron chi connectivity index (χ1n) is 6.86. The Bertz CT molecular complexity index is 516. The van der Waals surface area contributed by atoms with E-state index in [0.717, 1.165) is 25.8 Å². The van der Waals surface area contributed by atoms with E-state index in [-0.39, 0.29) is 0 Å². The van der Waals surface area contributed by atoms with Gasteiger partial charge in [-0.15, -0.1) is 0 Å². The van der Waals surface area contributed by atoms with E-state index in [2.05, 4.69) is 12.2 Å². The van der Waals surface area contributed by atoms with E-state index in [0.29, 0.717) is 36.1 Å². The lowest BCUT2D eigenvalue weighted by molar-refractivity contribution is 0.451. The largest absolute Gasteiger partial charge is 0.464 e. The molecule has 1 aliphatic rings. The summed E-state index contributed by atoms with van der Waals surface area (Å²) in [5.41, 5.74) is 0. The number of nitrogens with one attached hydrogen (secondary N) is 1. The number of aryl methyl sites for hydroxylation is 1. The topological polar surface area (TPSA) is 62.6 Å². The molecule has 2 heterocycles. The van der Waals surface area contributed by atoms with Gasteiger partial charge in [-0.3, -0.25) is 0 Å². The van der Waals surface area contributed by atoms with Crippen molar-refractivity contribution in [3.8, 4) is 0 Å². The third-order valence-electron chi connectivity index (χ3n) is 3.33. The van der Waals surface area contributed by atoms with Crippen LogP contribution in [0.2, 0.25) is 0 Å². The zero-order chi connectivity index (χ0) is 13.9. The lowest BCUT2D eigenvalue weighted by Gasteiger charge is -2.14. The van der Waals surface area contributed by atoms with Crippen LogP contribution in [-0.4, -0.2) is 32.4 Å². The lowest BCUT2D eigenvalue weighted by atomic mass is 10.4. The van der Waals surface area contributed by atoms with E-state index in [4.69, 9.17) is 4.42 Å². The van der Waals surface area contributed by atoms with Gasteiger partial charge in [-0.25, -0.2) is 8.42 Å². The predicted octanol–water partition coefficient (Wildman–Crippen LogP) is 1.87. The molecule has 0 spiro atoms. The fraction of sp³-hybridized carbons (Fsp3) is 0.692. The Hall–Kier alpha value is -0.850. The SMILES string of the molecule is CCCNCc1cc(S(=O)(=O)N2CCCC2)c(C)o1. The maximum Gasteiger partial charge on any atom is 0.246 e. The predicted molar refractivity (Wildman–Crippen MR) is 73.4 cm³/mol. The van der Waals surface area contributed by atoms with Crippen molar-refractivity contribution in [3.63, 3.8) is 0 Å². The van der Waals surface area contributed by atoms with Crippen molar-refractivity contribution < 1.29 is 12.8 Å². The molecule has 2 rings (SSSR count). The average molecular weight is 286 g/mol. The normalized spacial score (nSPS) is 17.2. The molecule has 0 unspecified atom stereocenters. The summed E-state index contributed by atoms with van der Waals surface area (Å²) >= 11 is 0. The van der Waals surface area contributed by atoms with E-state index < -0.39 is 10.0 Å². The summed E-state index contributed by atoms with van der Waals surface area (Å²) in [5.74, 6) is 1.17. The standard InChI is InChI=1S/C13H22N2O3S/c1-3-6-14-10-12-9-13(11(2)18-12)19(16,17)15-7-4-5-8-15/h9,14H,3-8,10H2,1-2H3. The van der Waals surface area contributed by atoms with Gasteiger partial charge in [0.2, 0.25) is 10.0 Å². The van der Waals surface area contributed by atoms with Gasteiger partial charge in [-0.1, -0.05) is 6.92 Å². The Morgan fingerprint density at radius 1 is 1.37 bits per heavy atom. The van der Waals surface area contributed by atoms with Gasteiger partial charge in [0.1, 0.15) is 16.4 Å². The minimum Gasteiger partial charge on any atom is -0.464 e. The number of furan rings is 1. The van der Waals surface area contributed by atoms with Crippen LogP contribution < -0.4 is 5.32 Å². The average Bonchev–Trinajstić information content (AvgIpc) is 2.99. The Labute approximate surface area is 115 Å². The monoisotopic (exact) mass is 286 g/mol. The summed E-state index contributed by atoms with van der Waals surface area (Å²) < 4.78 is 32.0. The van der Waals surface area contributed by atoms with Crippen LogP contribution in [0.3, 0.4) is 0 Å². The van der Waals surface area contributed by atoms with Crippen molar-refractivity contribution in [1.82, 2.24) is 9.62 Å². The second-order valence-electron chi connectivity index (χ2n) is 4.92. The number of rotatable bonds is 6. The van der Waals surface area contributed by atoms with Gasteiger partial charge in [0, 0.05) is 19.2 Å². The zero-order valence-corrected chi connectivity index (χ0v) is 12.4. The molecule has 1 aromatic rings. The number of hydrogen-bond donors (Lipinski definition) is 1. The highest BCUT2D eigenvalue weighted by atomic mass is 32.2. The minimum atomic E-state index is -3.37. The van der Waals surface area contributed by atoms with E-state index in [1.165, 1.54) is 0 Å². The molecule has 0 aromatic carbocycles. The highest BCUT2D eigenvalue weighted by Gasteiger charge is 2.30. The van der Waals surface area contributed by atoms with E-state index in [1.54, 1.807) is 17.3 Å².